The van der Waals surface area contributed by atoms with Gasteiger partial charge in [-0.3, -0.25) is 9.89 Å². The van der Waals surface area contributed by atoms with Gasteiger partial charge >= 0.3 is 0 Å². The highest BCUT2D eigenvalue weighted by molar-refractivity contribution is 7.13. The summed E-state index contributed by atoms with van der Waals surface area (Å²) in [7, 11) is 0. The number of aromatic amines is 1. The molecule has 6 heteroatoms. The molecule has 0 atom stereocenters. The zero-order valence-corrected chi connectivity index (χ0v) is 11.9. The number of carbonyl (C=O) groups is 1. The molecule has 2 N–H and O–H groups in total. The maximum Gasteiger partial charge on any atom is 0.274 e. The number of amides is 1. The molecule has 1 amide bonds. The molecule has 20 heavy (non-hydrogen) atoms. The monoisotopic (exact) mass is 291 g/mol. The first kappa shape index (κ1) is 13.3. The van der Waals surface area contributed by atoms with Crippen LogP contribution in [0.25, 0.3) is 10.6 Å². The Bertz CT molecular complexity index is 571. The van der Waals surface area contributed by atoms with Crippen molar-refractivity contribution in [3.63, 3.8) is 0 Å². The molecule has 0 aliphatic carbocycles. The highest BCUT2D eigenvalue weighted by Gasteiger charge is 2.24. The summed E-state index contributed by atoms with van der Waals surface area (Å²) in [5.74, 6) is 0.306. The Morgan fingerprint density at radius 3 is 2.95 bits per heavy atom. The lowest BCUT2D eigenvalue weighted by atomic mass is 9.98. The second-order valence-electron chi connectivity index (χ2n) is 5.06. The summed E-state index contributed by atoms with van der Waals surface area (Å²) in [6.45, 7) is 1.61. The van der Waals surface area contributed by atoms with E-state index in [0.29, 0.717) is 24.7 Å². The smallest absolute Gasteiger partial charge is 0.274 e. The average molecular weight is 291 g/mol. The van der Waals surface area contributed by atoms with Crippen molar-refractivity contribution >= 4 is 17.2 Å². The van der Waals surface area contributed by atoms with E-state index in [2.05, 4.69) is 10.2 Å². The van der Waals surface area contributed by atoms with Gasteiger partial charge in [0.25, 0.3) is 5.91 Å². The molecule has 0 bridgehead atoms. The molecule has 1 fully saturated rings. The predicted octanol–water partition coefficient (Wildman–Crippen LogP) is 1.98. The Hall–Kier alpha value is -1.66. The Morgan fingerprint density at radius 1 is 1.50 bits per heavy atom. The molecule has 2 aromatic heterocycles. The summed E-state index contributed by atoms with van der Waals surface area (Å²) in [5, 5.41) is 18.2. The van der Waals surface area contributed by atoms with Crippen molar-refractivity contribution in [2.24, 2.45) is 5.92 Å². The van der Waals surface area contributed by atoms with Gasteiger partial charge in [-0.15, -0.1) is 11.3 Å². The number of H-pyrrole nitrogens is 1. The standard InChI is InChI=1S/C14H17N3O2S/c18-9-10-3-5-17(6-4-10)14(19)12-8-11(15-16-12)13-2-1-7-20-13/h1-2,7-8,10,18H,3-6,9H2,(H,15,16). The molecule has 3 heterocycles. The molecule has 0 unspecified atom stereocenters. The van der Waals surface area contributed by atoms with Crippen LogP contribution in [0.1, 0.15) is 23.3 Å². The topological polar surface area (TPSA) is 69.2 Å². The lowest BCUT2D eigenvalue weighted by molar-refractivity contribution is 0.0645. The average Bonchev–Trinajstić information content (AvgIpc) is 3.17. The number of rotatable bonds is 3. The molecule has 3 rings (SSSR count). The Morgan fingerprint density at radius 2 is 2.30 bits per heavy atom. The van der Waals surface area contributed by atoms with E-state index in [-0.39, 0.29) is 12.5 Å². The third-order valence-corrected chi connectivity index (χ3v) is 4.65. The summed E-state index contributed by atoms with van der Waals surface area (Å²) < 4.78 is 0. The summed E-state index contributed by atoms with van der Waals surface area (Å²) in [6, 6.07) is 5.79. The lowest BCUT2D eigenvalue weighted by Crippen LogP contribution is -2.39. The van der Waals surface area contributed by atoms with Crippen LogP contribution in [0.5, 0.6) is 0 Å². The maximum atomic E-state index is 12.4. The van der Waals surface area contributed by atoms with Crippen molar-refractivity contribution < 1.29 is 9.90 Å². The van der Waals surface area contributed by atoms with Gasteiger partial charge in [-0.25, -0.2) is 0 Å². The number of nitrogens with zero attached hydrogens (tertiary/aromatic N) is 2. The number of aliphatic hydroxyl groups is 1. The molecule has 0 radical (unpaired) electrons. The van der Waals surface area contributed by atoms with Crippen LogP contribution in [0.2, 0.25) is 0 Å². The van der Waals surface area contributed by atoms with Crippen molar-refractivity contribution in [2.75, 3.05) is 19.7 Å². The zero-order valence-electron chi connectivity index (χ0n) is 11.1. The number of aliphatic hydroxyl groups excluding tert-OH is 1. The van der Waals surface area contributed by atoms with Crippen LogP contribution < -0.4 is 0 Å². The first-order chi connectivity index (χ1) is 9.78. The molecule has 1 saturated heterocycles. The third-order valence-electron chi connectivity index (χ3n) is 3.74. The maximum absolute atomic E-state index is 12.4. The fourth-order valence-electron chi connectivity index (χ4n) is 2.47. The van der Waals surface area contributed by atoms with Crippen LogP contribution in [0.15, 0.2) is 23.6 Å². The number of hydrogen-bond acceptors (Lipinski definition) is 4. The van der Waals surface area contributed by atoms with Gasteiger partial charge in [0.1, 0.15) is 0 Å². The summed E-state index contributed by atoms with van der Waals surface area (Å²) in [4.78, 5) is 15.3. The highest BCUT2D eigenvalue weighted by Crippen LogP contribution is 2.24. The molecule has 0 saturated carbocycles. The molecule has 0 aromatic carbocycles. The molecule has 1 aliphatic heterocycles. The predicted molar refractivity (Wildman–Crippen MR) is 77.6 cm³/mol. The van der Waals surface area contributed by atoms with Gasteiger partial charge in [-0.05, 0) is 36.3 Å². The lowest BCUT2D eigenvalue weighted by Gasteiger charge is -2.30. The number of likely N-dealkylation sites (tertiary alicyclic amines) is 1. The van der Waals surface area contributed by atoms with Crippen molar-refractivity contribution in [1.29, 1.82) is 0 Å². The van der Waals surface area contributed by atoms with Crippen LogP contribution >= 0.6 is 11.3 Å². The minimum atomic E-state index is -0.0274. The van der Waals surface area contributed by atoms with Gasteiger partial charge in [0.05, 0.1) is 10.6 Å². The number of aromatic nitrogens is 2. The highest BCUT2D eigenvalue weighted by atomic mass is 32.1. The quantitative estimate of drug-likeness (QED) is 0.908. The zero-order chi connectivity index (χ0) is 13.9. The van der Waals surface area contributed by atoms with Gasteiger partial charge in [0.15, 0.2) is 5.69 Å². The van der Waals surface area contributed by atoms with E-state index in [9.17, 15) is 4.79 Å². The number of hydrogen-bond donors (Lipinski definition) is 2. The summed E-state index contributed by atoms with van der Waals surface area (Å²) in [6.07, 6.45) is 1.73. The van der Waals surface area contributed by atoms with Gasteiger partial charge in [-0.1, -0.05) is 6.07 Å². The van der Waals surface area contributed by atoms with Gasteiger partial charge in [0, 0.05) is 19.7 Å². The van der Waals surface area contributed by atoms with Gasteiger partial charge < -0.3 is 10.0 Å². The Labute approximate surface area is 121 Å². The number of piperidine rings is 1. The fraction of sp³-hybridized carbons (Fsp3) is 0.429. The van der Waals surface area contributed by atoms with E-state index >= 15 is 0 Å². The van der Waals surface area contributed by atoms with Crippen LogP contribution in [0.4, 0.5) is 0 Å². The van der Waals surface area contributed by atoms with Crippen molar-refractivity contribution in [2.45, 2.75) is 12.8 Å². The van der Waals surface area contributed by atoms with Crippen molar-refractivity contribution in [1.82, 2.24) is 15.1 Å². The molecule has 2 aromatic rings. The van der Waals surface area contributed by atoms with Crippen LogP contribution in [-0.2, 0) is 0 Å². The third kappa shape index (κ3) is 2.62. The second kappa shape index (κ2) is 5.76. The van der Waals surface area contributed by atoms with Crippen molar-refractivity contribution in [3.05, 3.63) is 29.3 Å². The summed E-state index contributed by atoms with van der Waals surface area (Å²) >= 11 is 1.62. The minimum Gasteiger partial charge on any atom is -0.396 e. The number of nitrogens with one attached hydrogen (secondary N) is 1. The van der Waals surface area contributed by atoms with Gasteiger partial charge in [-0.2, -0.15) is 5.10 Å². The molecule has 0 spiro atoms. The van der Waals surface area contributed by atoms with Crippen molar-refractivity contribution in [3.8, 4) is 10.6 Å². The normalized spacial score (nSPS) is 16.6. The Kier molecular flexibility index (Phi) is 3.84. The first-order valence-corrected chi connectivity index (χ1v) is 7.65. The Balaban J connectivity index is 1.69. The second-order valence-corrected chi connectivity index (χ2v) is 6.01. The minimum absolute atomic E-state index is 0.0274. The van der Waals surface area contributed by atoms with E-state index in [4.69, 9.17) is 5.11 Å². The van der Waals surface area contributed by atoms with E-state index in [1.54, 1.807) is 11.3 Å². The molecule has 5 nitrogen and oxygen atoms in total. The van der Waals surface area contributed by atoms with Crippen LogP contribution in [-0.4, -0.2) is 45.8 Å². The molecular formula is C14H17N3O2S. The van der Waals surface area contributed by atoms with Crippen LogP contribution in [0.3, 0.4) is 0 Å². The van der Waals surface area contributed by atoms with Crippen LogP contribution in [0, 0.1) is 5.92 Å². The largest absolute Gasteiger partial charge is 0.396 e. The SMILES string of the molecule is O=C(c1cc(-c2cccs2)[nH]n1)N1CCC(CO)CC1. The molecular weight excluding hydrogens is 274 g/mol. The van der Waals surface area contributed by atoms with E-state index < -0.39 is 0 Å². The fourth-order valence-corrected chi connectivity index (χ4v) is 3.16. The first-order valence-electron chi connectivity index (χ1n) is 6.77. The number of thiophene rings is 1. The van der Waals surface area contributed by atoms with E-state index in [0.717, 1.165) is 23.4 Å². The van der Waals surface area contributed by atoms with E-state index in [1.807, 2.05) is 28.5 Å². The summed E-state index contributed by atoms with van der Waals surface area (Å²) in [5.41, 5.74) is 1.35. The molecule has 1 aliphatic rings. The molecule has 106 valence electrons. The van der Waals surface area contributed by atoms with Gasteiger partial charge in [0.2, 0.25) is 0 Å². The van der Waals surface area contributed by atoms with E-state index in [1.165, 1.54) is 0 Å². The number of carbonyl (C=O) groups excluding carboxylic acids is 1.